The fourth-order valence-electron chi connectivity index (χ4n) is 2.43. The molecule has 0 spiro atoms. The van der Waals surface area contributed by atoms with Crippen LogP contribution in [0.1, 0.15) is 13.3 Å². The molecule has 0 saturated carbocycles. The standard InChI is InChI=1S/C16H26N4O4/c1-4-14(22)18-11-19(15(23)5-2)13-20(12-18)16(24)7-8-17(6-3)9-10-21/h4-5,21H,1-2,6-13H2,3H3. The maximum absolute atomic E-state index is 12.4. The van der Waals surface area contributed by atoms with Crippen molar-refractivity contribution in [3.05, 3.63) is 25.3 Å². The third-order valence-electron chi connectivity index (χ3n) is 3.85. The second kappa shape index (κ2) is 9.84. The van der Waals surface area contributed by atoms with Crippen molar-refractivity contribution in [3.63, 3.8) is 0 Å². The number of hydrogen-bond acceptors (Lipinski definition) is 5. The monoisotopic (exact) mass is 338 g/mol. The number of aliphatic hydroxyl groups excluding tert-OH is 1. The zero-order chi connectivity index (χ0) is 18.1. The third kappa shape index (κ3) is 5.47. The lowest BCUT2D eigenvalue weighted by molar-refractivity contribution is -0.154. The molecule has 1 aliphatic rings. The topological polar surface area (TPSA) is 84.4 Å². The minimum absolute atomic E-state index is 0.0367. The van der Waals surface area contributed by atoms with Gasteiger partial charge < -0.3 is 24.7 Å². The summed E-state index contributed by atoms with van der Waals surface area (Å²) in [7, 11) is 0. The average molecular weight is 338 g/mol. The van der Waals surface area contributed by atoms with E-state index in [1.165, 1.54) is 14.7 Å². The molecule has 1 fully saturated rings. The van der Waals surface area contributed by atoms with Gasteiger partial charge >= 0.3 is 0 Å². The highest BCUT2D eigenvalue weighted by atomic mass is 16.3. The van der Waals surface area contributed by atoms with Crippen LogP contribution in [0.15, 0.2) is 25.3 Å². The molecule has 0 unspecified atom stereocenters. The third-order valence-corrected chi connectivity index (χ3v) is 3.85. The molecule has 0 aliphatic carbocycles. The van der Waals surface area contributed by atoms with Crippen LogP contribution in [0.2, 0.25) is 0 Å². The van der Waals surface area contributed by atoms with Crippen molar-refractivity contribution in [3.8, 4) is 0 Å². The molecule has 8 nitrogen and oxygen atoms in total. The van der Waals surface area contributed by atoms with Gasteiger partial charge in [-0.1, -0.05) is 20.1 Å². The number of carbonyl (C=O) groups excluding carboxylic acids is 3. The zero-order valence-corrected chi connectivity index (χ0v) is 14.2. The van der Waals surface area contributed by atoms with Crippen molar-refractivity contribution in [1.82, 2.24) is 19.6 Å². The Morgan fingerprint density at radius 3 is 1.92 bits per heavy atom. The first-order valence-electron chi connectivity index (χ1n) is 7.90. The summed E-state index contributed by atoms with van der Waals surface area (Å²) in [5, 5.41) is 8.98. The minimum Gasteiger partial charge on any atom is -0.395 e. The SMILES string of the molecule is C=CC(=O)N1CN(C(=O)C=C)CN(C(=O)CCN(CC)CCO)C1. The van der Waals surface area contributed by atoms with Crippen molar-refractivity contribution < 1.29 is 19.5 Å². The first-order valence-corrected chi connectivity index (χ1v) is 7.90. The van der Waals surface area contributed by atoms with Gasteiger partial charge in [-0.25, -0.2) is 0 Å². The fraction of sp³-hybridized carbons (Fsp3) is 0.562. The second-order valence-electron chi connectivity index (χ2n) is 5.43. The van der Waals surface area contributed by atoms with Gasteiger partial charge in [-0.3, -0.25) is 14.4 Å². The Bertz CT molecular complexity index is 466. The number of amides is 3. The summed E-state index contributed by atoms with van der Waals surface area (Å²) >= 11 is 0. The van der Waals surface area contributed by atoms with Crippen LogP contribution in [0.3, 0.4) is 0 Å². The molecule has 3 amide bonds. The van der Waals surface area contributed by atoms with Crippen LogP contribution in [0, 0.1) is 0 Å². The Labute approximate surface area is 142 Å². The molecule has 0 aromatic carbocycles. The Kier molecular flexibility index (Phi) is 8.14. The molecule has 1 saturated heterocycles. The Morgan fingerprint density at radius 1 is 1.00 bits per heavy atom. The van der Waals surface area contributed by atoms with E-state index in [-0.39, 0.29) is 50.8 Å². The molecule has 0 aromatic rings. The van der Waals surface area contributed by atoms with Crippen LogP contribution in [-0.4, -0.2) is 88.7 Å². The summed E-state index contributed by atoms with van der Waals surface area (Å²) in [6.45, 7) is 11.0. The van der Waals surface area contributed by atoms with E-state index in [9.17, 15) is 14.4 Å². The van der Waals surface area contributed by atoms with Crippen molar-refractivity contribution in [1.29, 1.82) is 0 Å². The zero-order valence-electron chi connectivity index (χ0n) is 14.2. The summed E-state index contributed by atoms with van der Waals surface area (Å²) in [6.07, 6.45) is 2.56. The number of aliphatic hydroxyl groups is 1. The van der Waals surface area contributed by atoms with Crippen LogP contribution in [-0.2, 0) is 14.4 Å². The summed E-state index contributed by atoms with van der Waals surface area (Å²) in [4.78, 5) is 42.3. The number of hydrogen-bond donors (Lipinski definition) is 1. The van der Waals surface area contributed by atoms with Gasteiger partial charge in [0, 0.05) is 19.5 Å². The Hall–Kier alpha value is -2.19. The number of nitrogens with zero attached hydrogens (tertiary/aromatic N) is 4. The quantitative estimate of drug-likeness (QED) is 0.600. The molecule has 1 N–H and O–H groups in total. The highest BCUT2D eigenvalue weighted by Crippen LogP contribution is 2.11. The van der Waals surface area contributed by atoms with E-state index in [0.29, 0.717) is 13.1 Å². The van der Waals surface area contributed by atoms with Gasteiger partial charge in [-0.05, 0) is 18.7 Å². The van der Waals surface area contributed by atoms with Crippen LogP contribution < -0.4 is 0 Å². The Morgan fingerprint density at radius 2 is 1.50 bits per heavy atom. The molecule has 8 heteroatoms. The minimum atomic E-state index is -0.343. The maximum Gasteiger partial charge on any atom is 0.248 e. The Balaban J connectivity index is 2.73. The van der Waals surface area contributed by atoms with Crippen LogP contribution >= 0.6 is 0 Å². The van der Waals surface area contributed by atoms with Gasteiger partial charge in [0.2, 0.25) is 17.7 Å². The van der Waals surface area contributed by atoms with Gasteiger partial charge in [0.1, 0.15) is 0 Å². The highest BCUT2D eigenvalue weighted by Gasteiger charge is 2.30. The summed E-state index contributed by atoms with van der Waals surface area (Å²) in [6, 6.07) is 0. The van der Waals surface area contributed by atoms with Gasteiger partial charge in [-0.15, -0.1) is 0 Å². The largest absolute Gasteiger partial charge is 0.395 e. The lowest BCUT2D eigenvalue weighted by Crippen LogP contribution is -2.59. The summed E-state index contributed by atoms with van der Waals surface area (Å²) < 4.78 is 0. The smallest absolute Gasteiger partial charge is 0.248 e. The van der Waals surface area contributed by atoms with E-state index < -0.39 is 0 Å². The molecular weight excluding hydrogens is 312 g/mol. The molecule has 24 heavy (non-hydrogen) atoms. The molecule has 134 valence electrons. The van der Waals surface area contributed by atoms with Gasteiger partial charge in [0.25, 0.3) is 0 Å². The predicted octanol–water partition coefficient (Wildman–Crippen LogP) is -0.565. The molecule has 1 aliphatic heterocycles. The maximum atomic E-state index is 12.4. The van der Waals surface area contributed by atoms with E-state index in [0.717, 1.165) is 18.7 Å². The van der Waals surface area contributed by atoms with Crippen LogP contribution in [0.4, 0.5) is 0 Å². The first kappa shape index (κ1) is 19.9. The molecule has 0 aromatic heterocycles. The normalized spacial score (nSPS) is 14.7. The number of carbonyl (C=O) groups is 3. The highest BCUT2D eigenvalue weighted by molar-refractivity contribution is 5.90. The molecule has 0 bridgehead atoms. The second-order valence-corrected chi connectivity index (χ2v) is 5.43. The lowest BCUT2D eigenvalue weighted by atomic mass is 10.3. The van der Waals surface area contributed by atoms with E-state index in [2.05, 4.69) is 13.2 Å². The molecule has 1 rings (SSSR count). The first-order chi connectivity index (χ1) is 11.5. The van der Waals surface area contributed by atoms with E-state index in [4.69, 9.17) is 5.11 Å². The fourth-order valence-corrected chi connectivity index (χ4v) is 2.43. The number of rotatable bonds is 8. The molecular formula is C16H26N4O4. The molecule has 0 atom stereocenters. The summed E-state index contributed by atoms with van der Waals surface area (Å²) in [5.74, 6) is -0.843. The van der Waals surface area contributed by atoms with Crippen molar-refractivity contribution >= 4 is 17.7 Å². The van der Waals surface area contributed by atoms with Crippen LogP contribution in [0.25, 0.3) is 0 Å². The van der Waals surface area contributed by atoms with Gasteiger partial charge in [-0.2, -0.15) is 0 Å². The van der Waals surface area contributed by atoms with E-state index in [1.807, 2.05) is 11.8 Å². The molecule has 0 radical (unpaired) electrons. The molecule has 1 heterocycles. The van der Waals surface area contributed by atoms with E-state index >= 15 is 0 Å². The number of likely N-dealkylation sites (N-methyl/N-ethyl adjacent to an activating group) is 1. The van der Waals surface area contributed by atoms with Crippen molar-refractivity contribution in [2.45, 2.75) is 13.3 Å². The predicted molar refractivity (Wildman–Crippen MR) is 89.3 cm³/mol. The van der Waals surface area contributed by atoms with Crippen LogP contribution in [0.5, 0.6) is 0 Å². The van der Waals surface area contributed by atoms with Gasteiger partial charge in [0.05, 0.1) is 26.6 Å². The van der Waals surface area contributed by atoms with Crippen molar-refractivity contribution in [2.24, 2.45) is 0 Å². The average Bonchev–Trinajstić information content (AvgIpc) is 2.62. The van der Waals surface area contributed by atoms with Crippen molar-refractivity contribution in [2.75, 3.05) is 46.2 Å². The summed E-state index contributed by atoms with van der Waals surface area (Å²) in [5.41, 5.74) is 0. The van der Waals surface area contributed by atoms with E-state index in [1.54, 1.807) is 0 Å². The van der Waals surface area contributed by atoms with Gasteiger partial charge in [0.15, 0.2) is 0 Å². The lowest BCUT2D eigenvalue weighted by Gasteiger charge is -2.41.